The number of hydrogen-bond acceptors (Lipinski definition) is 3. The topological polar surface area (TPSA) is 66.0 Å². The molecule has 0 spiro atoms. The van der Waals surface area contributed by atoms with Crippen LogP contribution in [0.1, 0.15) is 30.4 Å². The number of ether oxygens (including phenoxy) is 1. The summed E-state index contributed by atoms with van der Waals surface area (Å²) >= 11 is 0. The zero-order valence-corrected chi connectivity index (χ0v) is 17.8. The number of benzene rings is 2. The minimum absolute atomic E-state index is 0.217. The fraction of sp³-hybridized carbons (Fsp3) is 0.417. The van der Waals surface area contributed by atoms with Crippen LogP contribution in [0.2, 0.25) is 0 Å². The first-order valence-corrected chi connectivity index (χ1v) is 10.7. The van der Waals surface area contributed by atoms with E-state index in [0.29, 0.717) is 13.0 Å². The summed E-state index contributed by atoms with van der Waals surface area (Å²) in [7, 11) is 1.77. The van der Waals surface area contributed by atoms with E-state index in [-0.39, 0.29) is 5.91 Å². The molecule has 0 atom stereocenters. The van der Waals surface area contributed by atoms with E-state index in [0.717, 1.165) is 62.8 Å². The lowest BCUT2D eigenvalue weighted by atomic mass is 10.2. The lowest BCUT2D eigenvalue weighted by Gasteiger charge is -2.16. The Morgan fingerprint density at radius 1 is 1.03 bits per heavy atom. The SMILES string of the molecule is CN=C(NCCCOCCc1ccccc1)NCc1ccc(N2CCCC2=O)cc1. The van der Waals surface area contributed by atoms with Gasteiger partial charge in [0.15, 0.2) is 5.96 Å². The molecule has 0 aliphatic carbocycles. The molecular formula is C24H32N4O2. The molecule has 0 radical (unpaired) electrons. The second-order valence-corrected chi connectivity index (χ2v) is 7.37. The van der Waals surface area contributed by atoms with Crippen molar-refractivity contribution in [2.45, 2.75) is 32.2 Å². The van der Waals surface area contributed by atoms with E-state index >= 15 is 0 Å². The van der Waals surface area contributed by atoms with Crippen LogP contribution in [-0.2, 0) is 22.5 Å². The van der Waals surface area contributed by atoms with Crippen molar-refractivity contribution in [1.82, 2.24) is 10.6 Å². The van der Waals surface area contributed by atoms with Crippen LogP contribution in [0, 0.1) is 0 Å². The van der Waals surface area contributed by atoms with E-state index in [4.69, 9.17) is 4.74 Å². The Kier molecular flexibility index (Phi) is 8.72. The summed E-state index contributed by atoms with van der Waals surface area (Å²) in [6, 6.07) is 18.5. The van der Waals surface area contributed by atoms with Gasteiger partial charge in [-0.05, 0) is 42.5 Å². The monoisotopic (exact) mass is 408 g/mol. The van der Waals surface area contributed by atoms with Gasteiger partial charge in [0, 0.05) is 45.4 Å². The maximum atomic E-state index is 11.8. The Bertz CT molecular complexity index is 806. The van der Waals surface area contributed by atoms with E-state index in [2.05, 4.69) is 52.0 Å². The van der Waals surface area contributed by atoms with Gasteiger partial charge in [-0.2, -0.15) is 0 Å². The average Bonchev–Trinajstić information content (AvgIpc) is 3.22. The number of anilines is 1. The van der Waals surface area contributed by atoms with E-state index in [1.807, 2.05) is 23.1 Å². The van der Waals surface area contributed by atoms with Crippen LogP contribution in [0.4, 0.5) is 5.69 Å². The van der Waals surface area contributed by atoms with Gasteiger partial charge in [0.05, 0.1) is 6.61 Å². The molecule has 1 fully saturated rings. The first-order valence-electron chi connectivity index (χ1n) is 10.7. The summed E-state index contributed by atoms with van der Waals surface area (Å²) in [4.78, 5) is 18.0. The molecule has 1 amide bonds. The third kappa shape index (κ3) is 6.88. The molecule has 1 aliphatic rings. The van der Waals surface area contributed by atoms with Crippen molar-refractivity contribution in [1.29, 1.82) is 0 Å². The predicted molar refractivity (Wildman–Crippen MR) is 122 cm³/mol. The molecular weight excluding hydrogens is 376 g/mol. The van der Waals surface area contributed by atoms with Gasteiger partial charge in [-0.15, -0.1) is 0 Å². The highest BCUT2D eigenvalue weighted by Gasteiger charge is 2.21. The molecule has 6 heteroatoms. The Morgan fingerprint density at radius 2 is 1.83 bits per heavy atom. The zero-order valence-electron chi connectivity index (χ0n) is 17.8. The normalized spacial score (nSPS) is 14.2. The summed E-state index contributed by atoms with van der Waals surface area (Å²) in [5, 5.41) is 6.64. The lowest BCUT2D eigenvalue weighted by Crippen LogP contribution is -2.37. The molecule has 0 unspecified atom stereocenters. The Balaban J connectivity index is 1.28. The number of carbonyl (C=O) groups excluding carboxylic acids is 1. The molecule has 2 aromatic carbocycles. The summed E-state index contributed by atoms with van der Waals surface area (Å²) < 4.78 is 5.72. The van der Waals surface area contributed by atoms with Crippen molar-refractivity contribution in [3.8, 4) is 0 Å². The molecule has 1 aliphatic heterocycles. The number of amides is 1. The van der Waals surface area contributed by atoms with Crippen LogP contribution in [0.3, 0.4) is 0 Å². The van der Waals surface area contributed by atoms with Crippen LogP contribution in [0.5, 0.6) is 0 Å². The molecule has 2 aromatic rings. The first-order chi connectivity index (χ1) is 14.8. The van der Waals surface area contributed by atoms with Crippen molar-refractivity contribution < 1.29 is 9.53 Å². The van der Waals surface area contributed by atoms with Crippen molar-refractivity contribution in [2.75, 3.05) is 38.3 Å². The molecule has 0 bridgehead atoms. The fourth-order valence-corrected chi connectivity index (χ4v) is 3.44. The van der Waals surface area contributed by atoms with Crippen LogP contribution in [-0.4, -0.2) is 45.2 Å². The minimum atomic E-state index is 0.217. The van der Waals surface area contributed by atoms with Gasteiger partial charge in [-0.3, -0.25) is 9.79 Å². The number of hydrogen-bond donors (Lipinski definition) is 2. The molecule has 160 valence electrons. The molecule has 30 heavy (non-hydrogen) atoms. The van der Waals surface area contributed by atoms with Crippen molar-refractivity contribution in [3.05, 3.63) is 65.7 Å². The van der Waals surface area contributed by atoms with Gasteiger partial charge < -0.3 is 20.3 Å². The van der Waals surface area contributed by atoms with Crippen molar-refractivity contribution in [2.24, 2.45) is 4.99 Å². The summed E-state index contributed by atoms with van der Waals surface area (Å²) in [5.74, 6) is 0.993. The first kappa shape index (κ1) is 21.8. The van der Waals surface area contributed by atoms with Gasteiger partial charge in [0.2, 0.25) is 5.91 Å². The van der Waals surface area contributed by atoms with E-state index in [9.17, 15) is 4.79 Å². The fourth-order valence-electron chi connectivity index (χ4n) is 3.44. The van der Waals surface area contributed by atoms with Gasteiger partial charge >= 0.3 is 0 Å². The third-order valence-corrected chi connectivity index (χ3v) is 5.14. The third-order valence-electron chi connectivity index (χ3n) is 5.14. The van der Waals surface area contributed by atoms with Gasteiger partial charge in [0.1, 0.15) is 0 Å². The molecule has 3 rings (SSSR count). The molecule has 6 nitrogen and oxygen atoms in total. The number of nitrogens with zero attached hydrogens (tertiary/aromatic N) is 2. The van der Waals surface area contributed by atoms with Gasteiger partial charge in [-0.1, -0.05) is 42.5 Å². The summed E-state index contributed by atoms with van der Waals surface area (Å²) in [6.45, 7) is 3.79. The standard InChI is InChI=1S/C24H32N4O2/c1-25-24(26-15-6-17-30-18-14-20-7-3-2-4-8-20)27-19-21-10-12-22(13-11-21)28-16-5-9-23(28)29/h2-4,7-8,10-13H,5-6,9,14-19H2,1H3,(H2,25,26,27). The van der Waals surface area contributed by atoms with Crippen molar-refractivity contribution in [3.63, 3.8) is 0 Å². The van der Waals surface area contributed by atoms with Crippen molar-refractivity contribution >= 4 is 17.6 Å². The summed E-state index contributed by atoms with van der Waals surface area (Å²) in [5.41, 5.74) is 3.44. The van der Waals surface area contributed by atoms with E-state index < -0.39 is 0 Å². The second kappa shape index (κ2) is 12.0. The maximum Gasteiger partial charge on any atom is 0.227 e. The van der Waals surface area contributed by atoms with Crippen LogP contribution in [0.15, 0.2) is 59.6 Å². The Hall–Kier alpha value is -2.86. The van der Waals surface area contributed by atoms with Crippen LogP contribution >= 0.6 is 0 Å². The number of rotatable bonds is 10. The Labute approximate surface area is 179 Å². The van der Waals surface area contributed by atoms with E-state index in [1.54, 1.807) is 7.05 Å². The smallest absolute Gasteiger partial charge is 0.227 e. The predicted octanol–water partition coefficient (Wildman–Crippen LogP) is 3.13. The highest BCUT2D eigenvalue weighted by molar-refractivity contribution is 5.95. The number of nitrogens with one attached hydrogen (secondary N) is 2. The van der Waals surface area contributed by atoms with E-state index in [1.165, 1.54) is 5.56 Å². The van der Waals surface area contributed by atoms with Crippen LogP contribution < -0.4 is 15.5 Å². The molecule has 0 aromatic heterocycles. The highest BCUT2D eigenvalue weighted by atomic mass is 16.5. The quantitative estimate of drug-likeness (QED) is 0.360. The maximum absolute atomic E-state index is 11.8. The number of carbonyl (C=O) groups is 1. The molecule has 1 saturated heterocycles. The highest BCUT2D eigenvalue weighted by Crippen LogP contribution is 2.21. The molecule has 2 N–H and O–H groups in total. The summed E-state index contributed by atoms with van der Waals surface area (Å²) in [6.07, 6.45) is 3.47. The second-order valence-electron chi connectivity index (χ2n) is 7.37. The number of aliphatic imine (C=N–C) groups is 1. The average molecular weight is 409 g/mol. The van der Waals surface area contributed by atoms with Gasteiger partial charge in [0.25, 0.3) is 0 Å². The molecule has 0 saturated carbocycles. The minimum Gasteiger partial charge on any atom is -0.381 e. The van der Waals surface area contributed by atoms with Crippen LogP contribution in [0.25, 0.3) is 0 Å². The molecule has 1 heterocycles. The lowest BCUT2D eigenvalue weighted by molar-refractivity contribution is -0.117. The van der Waals surface area contributed by atoms with Gasteiger partial charge in [-0.25, -0.2) is 0 Å². The largest absolute Gasteiger partial charge is 0.381 e. The Morgan fingerprint density at radius 3 is 2.53 bits per heavy atom. The number of guanidine groups is 1. The zero-order chi connectivity index (χ0) is 21.0.